The minimum Gasteiger partial charge on any atom is -0.465 e. The maximum absolute atomic E-state index is 12.6. The van der Waals surface area contributed by atoms with Crippen molar-refractivity contribution < 1.29 is 17.9 Å². The molecule has 1 aromatic rings. The molecule has 1 fully saturated rings. The molecule has 6 heteroatoms. The number of fused-ring (bicyclic) bond motifs is 3. The summed E-state index contributed by atoms with van der Waals surface area (Å²) in [5.74, 6) is -0.781. The number of anilines is 1. The van der Waals surface area contributed by atoms with Gasteiger partial charge in [-0.25, -0.2) is 13.2 Å². The Labute approximate surface area is 111 Å². The summed E-state index contributed by atoms with van der Waals surface area (Å²) >= 11 is 0. The highest BCUT2D eigenvalue weighted by atomic mass is 32.2. The topological polar surface area (TPSA) is 63.7 Å². The van der Waals surface area contributed by atoms with Gasteiger partial charge in [0.15, 0.2) is 4.91 Å². The molecule has 5 nitrogen and oxygen atoms in total. The van der Waals surface area contributed by atoms with E-state index in [0.717, 1.165) is 13.0 Å². The predicted molar refractivity (Wildman–Crippen MR) is 69.2 cm³/mol. The molecule has 3 rings (SSSR count). The summed E-state index contributed by atoms with van der Waals surface area (Å²) in [7, 11) is -2.59. The van der Waals surface area contributed by atoms with E-state index in [0.29, 0.717) is 17.8 Å². The molecule has 0 saturated carbocycles. The van der Waals surface area contributed by atoms with Crippen LogP contribution >= 0.6 is 0 Å². The first kappa shape index (κ1) is 12.2. The third-order valence-corrected chi connectivity index (χ3v) is 5.33. The third-order valence-electron chi connectivity index (χ3n) is 3.47. The molecule has 0 bridgehead atoms. The molecule has 0 atom stereocenters. The van der Waals surface area contributed by atoms with Crippen LogP contribution in [0.5, 0.6) is 0 Å². The molecule has 1 aromatic carbocycles. The normalized spacial score (nSPS) is 19.9. The first-order chi connectivity index (χ1) is 9.07. The zero-order valence-electron chi connectivity index (χ0n) is 10.4. The van der Waals surface area contributed by atoms with Crippen LogP contribution in [0.1, 0.15) is 12.8 Å². The van der Waals surface area contributed by atoms with Crippen LogP contribution in [-0.2, 0) is 19.4 Å². The number of ether oxygens (including phenoxy) is 1. The van der Waals surface area contributed by atoms with Gasteiger partial charge in [-0.15, -0.1) is 0 Å². The van der Waals surface area contributed by atoms with Gasteiger partial charge in [-0.05, 0) is 25.0 Å². The molecule has 100 valence electrons. The van der Waals surface area contributed by atoms with Gasteiger partial charge in [0.1, 0.15) is 0 Å². The lowest BCUT2D eigenvalue weighted by atomic mass is 10.2. The molecule has 0 N–H and O–H groups in total. The summed E-state index contributed by atoms with van der Waals surface area (Å²) < 4.78 is 29.8. The standard InChI is InChI=1S/C13H13NO4S/c1-18-13(15)12-10-6-4-8-14(10)9-5-2-3-7-11(9)19(12,16)17/h2-3,5,7H,4,6,8H2,1H3. The van der Waals surface area contributed by atoms with Crippen molar-refractivity contribution >= 4 is 21.5 Å². The lowest BCUT2D eigenvalue weighted by Gasteiger charge is -2.29. The highest BCUT2D eigenvalue weighted by Gasteiger charge is 2.42. The van der Waals surface area contributed by atoms with Crippen LogP contribution in [0.25, 0.3) is 0 Å². The van der Waals surface area contributed by atoms with Gasteiger partial charge in [-0.3, -0.25) is 0 Å². The second-order valence-electron chi connectivity index (χ2n) is 4.49. The Balaban J connectivity index is 2.33. The highest BCUT2D eigenvalue weighted by Crippen LogP contribution is 2.43. The van der Waals surface area contributed by atoms with Crippen molar-refractivity contribution in [1.82, 2.24) is 0 Å². The van der Waals surface area contributed by atoms with E-state index in [1.54, 1.807) is 18.2 Å². The molecule has 2 aliphatic heterocycles. The first-order valence-corrected chi connectivity index (χ1v) is 7.49. The molecular formula is C13H13NO4S. The number of carbonyl (C=O) groups excluding carboxylic acids is 1. The Morgan fingerprint density at radius 2 is 2.05 bits per heavy atom. The Kier molecular flexibility index (Phi) is 2.63. The second-order valence-corrected chi connectivity index (χ2v) is 6.35. The van der Waals surface area contributed by atoms with Crippen LogP contribution in [0.4, 0.5) is 5.69 Å². The van der Waals surface area contributed by atoms with Gasteiger partial charge in [-0.1, -0.05) is 12.1 Å². The number of methoxy groups -OCH3 is 1. The summed E-state index contributed by atoms with van der Waals surface area (Å²) in [5, 5.41) is 0. The zero-order chi connectivity index (χ0) is 13.6. The zero-order valence-corrected chi connectivity index (χ0v) is 11.2. The van der Waals surface area contributed by atoms with E-state index in [1.807, 2.05) is 4.90 Å². The number of hydrogen-bond donors (Lipinski definition) is 0. The number of carbonyl (C=O) groups is 1. The van der Waals surface area contributed by atoms with Crippen molar-refractivity contribution in [3.05, 3.63) is 34.9 Å². The SMILES string of the molecule is COC(=O)C1=C2CCCN2c2ccccc2S1(=O)=O. The number of rotatable bonds is 1. The number of hydrogen-bond acceptors (Lipinski definition) is 5. The number of esters is 1. The average molecular weight is 279 g/mol. The van der Waals surface area contributed by atoms with Gasteiger partial charge in [0.2, 0.25) is 9.84 Å². The summed E-state index contributed by atoms with van der Waals surface area (Å²) in [6.07, 6.45) is 1.41. The monoisotopic (exact) mass is 279 g/mol. The minimum atomic E-state index is -3.78. The van der Waals surface area contributed by atoms with Gasteiger partial charge in [0.25, 0.3) is 0 Å². The number of sulfone groups is 1. The number of para-hydroxylation sites is 1. The van der Waals surface area contributed by atoms with Crippen molar-refractivity contribution in [3.8, 4) is 0 Å². The molecule has 0 aromatic heterocycles. The molecule has 0 aliphatic carbocycles. The smallest absolute Gasteiger partial charge is 0.351 e. The van der Waals surface area contributed by atoms with Crippen molar-refractivity contribution in [1.29, 1.82) is 0 Å². The molecule has 0 amide bonds. The van der Waals surface area contributed by atoms with Crippen molar-refractivity contribution in [2.45, 2.75) is 17.7 Å². The van der Waals surface area contributed by atoms with E-state index >= 15 is 0 Å². The molecule has 0 radical (unpaired) electrons. The molecule has 19 heavy (non-hydrogen) atoms. The fraction of sp³-hybridized carbons (Fsp3) is 0.308. The van der Waals surface area contributed by atoms with Crippen molar-refractivity contribution in [2.24, 2.45) is 0 Å². The van der Waals surface area contributed by atoms with E-state index in [2.05, 4.69) is 4.74 Å². The van der Waals surface area contributed by atoms with Gasteiger partial charge in [0.05, 0.1) is 17.7 Å². The first-order valence-electron chi connectivity index (χ1n) is 6.00. The van der Waals surface area contributed by atoms with Crippen LogP contribution in [0.2, 0.25) is 0 Å². The Morgan fingerprint density at radius 1 is 1.32 bits per heavy atom. The Morgan fingerprint density at radius 3 is 2.79 bits per heavy atom. The molecule has 0 unspecified atom stereocenters. The number of nitrogens with zero attached hydrogens (tertiary/aromatic N) is 1. The largest absolute Gasteiger partial charge is 0.465 e. The Bertz CT molecular complexity index is 690. The second kappa shape index (κ2) is 4.09. The predicted octanol–water partition coefficient (Wildman–Crippen LogP) is 1.46. The lowest BCUT2D eigenvalue weighted by Crippen LogP contribution is -2.30. The van der Waals surface area contributed by atoms with Gasteiger partial charge in [-0.2, -0.15) is 0 Å². The van der Waals surface area contributed by atoms with Crippen molar-refractivity contribution in [3.63, 3.8) is 0 Å². The number of benzene rings is 1. The fourth-order valence-corrected chi connectivity index (χ4v) is 4.43. The fourth-order valence-electron chi connectivity index (χ4n) is 2.67. The lowest BCUT2D eigenvalue weighted by molar-refractivity contribution is -0.135. The quantitative estimate of drug-likeness (QED) is 0.728. The van der Waals surface area contributed by atoms with E-state index in [4.69, 9.17) is 0 Å². The van der Waals surface area contributed by atoms with Crippen LogP contribution < -0.4 is 4.90 Å². The molecule has 1 saturated heterocycles. The van der Waals surface area contributed by atoms with E-state index in [1.165, 1.54) is 13.2 Å². The number of allylic oxidation sites excluding steroid dienone is 1. The minimum absolute atomic E-state index is 0.182. The molecule has 2 aliphatic rings. The Hall–Kier alpha value is -1.82. The van der Waals surface area contributed by atoms with Crippen molar-refractivity contribution in [2.75, 3.05) is 18.6 Å². The summed E-state index contributed by atoms with van der Waals surface area (Å²) in [6, 6.07) is 6.76. The summed E-state index contributed by atoms with van der Waals surface area (Å²) in [6.45, 7) is 0.725. The van der Waals surface area contributed by atoms with Crippen LogP contribution in [0.15, 0.2) is 39.8 Å². The maximum atomic E-state index is 12.6. The van der Waals surface area contributed by atoms with Crippen LogP contribution in [0, 0.1) is 0 Å². The molecular weight excluding hydrogens is 266 g/mol. The summed E-state index contributed by atoms with van der Waals surface area (Å²) in [4.78, 5) is 13.7. The van der Waals surface area contributed by atoms with Gasteiger partial charge >= 0.3 is 5.97 Å². The van der Waals surface area contributed by atoms with E-state index in [9.17, 15) is 13.2 Å². The molecule has 0 spiro atoms. The molecule has 2 heterocycles. The third kappa shape index (κ3) is 1.59. The van der Waals surface area contributed by atoms with Gasteiger partial charge in [0, 0.05) is 12.2 Å². The highest BCUT2D eigenvalue weighted by molar-refractivity contribution is 7.96. The maximum Gasteiger partial charge on any atom is 0.351 e. The van der Waals surface area contributed by atoms with Crippen LogP contribution in [0.3, 0.4) is 0 Å². The van der Waals surface area contributed by atoms with Crippen LogP contribution in [-0.4, -0.2) is 28.0 Å². The average Bonchev–Trinajstić information content (AvgIpc) is 2.87. The van der Waals surface area contributed by atoms with Gasteiger partial charge < -0.3 is 9.64 Å². The van der Waals surface area contributed by atoms with E-state index < -0.39 is 15.8 Å². The summed E-state index contributed by atoms with van der Waals surface area (Å²) in [5.41, 5.74) is 1.22. The van der Waals surface area contributed by atoms with E-state index in [-0.39, 0.29) is 9.80 Å².